The van der Waals surface area contributed by atoms with Crippen LogP contribution in [0.2, 0.25) is 0 Å². The van der Waals surface area contributed by atoms with Crippen molar-refractivity contribution in [2.24, 2.45) is 4.99 Å². The third-order valence-electron chi connectivity index (χ3n) is 4.24. The number of hydrogen-bond acceptors (Lipinski definition) is 3. The largest absolute Gasteiger partial charge is 0.357 e. The van der Waals surface area contributed by atoms with E-state index in [2.05, 4.69) is 60.2 Å². The molecule has 0 aromatic rings. The Morgan fingerprint density at radius 2 is 1.91 bits per heavy atom. The third-order valence-corrected chi connectivity index (χ3v) is 4.24. The molecule has 0 unspecified atom stereocenters. The number of guanidine groups is 1. The quantitative estimate of drug-likeness (QED) is 0.372. The van der Waals surface area contributed by atoms with Crippen molar-refractivity contribution < 1.29 is 0 Å². The van der Waals surface area contributed by atoms with Gasteiger partial charge in [0.1, 0.15) is 0 Å². The van der Waals surface area contributed by atoms with Gasteiger partial charge in [0.05, 0.1) is 6.54 Å². The molecule has 1 fully saturated rings. The van der Waals surface area contributed by atoms with Gasteiger partial charge in [0.15, 0.2) is 5.96 Å². The minimum absolute atomic E-state index is 0. The Morgan fingerprint density at radius 1 is 1.27 bits per heavy atom. The zero-order valence-electron chi connectivity index (χ0n) is 15.1. The summed E-state index contributed by atoms with van der Waals surface area (Å²) in [6.07, 6.45) is 2.41. The number of rotatable bonds is 7. The van der Waals surface area contributed by atoms with E-state index in [0.717, 1.165) is 32.1 Å². The highest BCUT2D eigenvalue weighted by atomic mass is 127. The van der Waals surface area contributed by atoms with Crippen molar-refractivity contribution >= 4 is 29.9 Å². The van der Waals surface area contributed by atoms with Crippen molar-refractivity contribution in [2.75, 3.05) is 46.3 Å². The van der Waals surface area contributed by atoms with Crippen LogP contribution in [0, 0.1) is 0 Å². The Hall–Kier alpha value is -0.0800. The summed E-state index contributed by atoms with van der Waals surface area (Å²) >= 11 is 0. The van der Waals surface area contributed by atoms with E-state index in [1.807, 2.05) is 0 Å². The molecule has 22 heavy (non-hydrogen) atoms. The lowest BCUT2D eigenvalue weighted by molar-refractivity contribution is 0.167. The number of nitrogens with one attached hydrogen (secondary N) is 2. The normalized spacial score (nSPS) is 17.7. The zero-order chi connectivity index (χ0) is 15.7. The van der Waals surface area contributed by atoms with Crippen LogP contribution in [0.3, 0.4) is 0 Å². The predicted octanol–water partition coefficient (Wildman–Crippen LogP) is 1.98. The Bertz CT molecular complexity index is 301. The van der Waals surface area contributed by atoms with Crippen LogP contribution in [0.15, 0.2) is 4.99 Å². The molecule has 0 bridgehead atoms. The van der Waals surface area contributed by atoms with Crippen LogP contribution in [0.25, 0.3) is 0 Å². The number of halogens is 1. The fourth-order valence-corrected chi connectivity index (χ4v) is 2.56. The molecule has 5 nitrogen and oxygen atoms in total. The fourth-order valence-electron chi connectivity index (χ4n) is 2.56. The zero-order valence-corrected chi connectivity index (χ0v) is 17.4. The molecular formula is C16H36IN5. The molecule has 1 saturated heterocycles. The molecule has 0 aromatic carbocycles. The monoisotopic (exact) mass is 425 g/mol. The van der Waals surface area contributed by atoms with Gasteiger partial charge in [-0.05, 0) is 47.2 Å². The highest BCUT2D eigenvalue weighted by Gasteiger charge is 2.21. The van der Waals surface area contributed by atoms with Gasteiger partial charge in [0.2, 0.25) is 0 Å². The summed E-state index contributed by atoms with van der Waals surface area (Å²) in [6, 6.07) is 1.22. The molecule has 132 valence electrons. The van der Waals surface area contributed by atoms with Crippen LogP contribution in [0.5, 0.6) is 0 Å². The summed E-state index contributed by atoms with van der Waals surface area (Å²) in [5, 5.41) is 6.96. The number of aliphatic imine (C=N–C) groups is 1. The van der Waals surface area contributed by atoms with Gasteiger partial charge in [0, 0.05) is 38.3 Å². The average Bonchev–Trinajstić information content (AvgIpc) is 2.47. The van der Waals surface area contributed by atoms with Gasteiger partial charge in [-0.1, -0.05) is 6.92 Å². The first-order chi connectivity index (χ1) is 10.1. The maximum Gasteiger partial charge on any atom is 0.191 e. The third kappa shape index (κ3) is 8.53. The molecule has 2 N–H and O–H groups in total. The van der Waals surface area contributed by atoms with E-state index in [1.54, 1.807) is 0 Å². The lowest BCUT2D eigenvalue weighted by Gasteiger charge is -2.35. The Morgan fingerprint density at radius 3 is 2.41 bits per heavy atom. The average molecular weight is 425 g/mol. The van der Waals surface area contributed by atoms with Crippen molar-refractivity contribution in [2.45, 2.75) is 52.6 Å². The second-order valence-corrected chi connectivity index (χ2v) is 6.20. The van der Waals surface area contributed by atoms with Crippen molar-refractivity contribution in [3.8, 4) is 0 Å². The van der Waals surface area contributed by atoms with E-state index in [0.29, 0.717) is 12.1 Å². The molecule has 1 rings (SSSR count). The van der Waals surface area contributed by atoms with E-state index in [9.17, 15) is 0 Å². The molecule has 1 aliphatic heterocycles. The van der Waals surface area contributed by atoms with Gasteiger partial charge < -0.3 is 20.4 Å². The molecule has 6 heteroatoms. The first-order valence-electron chi connectivity index (χ1n) is 8.54. The van der Waals surface area contributed by atoms with E-state index in [4.69, 9.17) is 0 Å². The first-order valence-corrected chi connectivity index (χ1v) is 8.54. The molecule has 0 aliphatic carbocycles. The van der Waals surface area contributed by atoms with E-state index >= 15 is 0 Å². The maximum atomic E-state index is 4.69. The number of likely N-dealkylation sites (tertiary alicyclic amines) is 1. The number of piperidine rings is 1. The second-order valence-electron chi connectivity index (χ2n) is 6.20. The van der Waals surface area contributed by atoms with Crippen molar-refractivity contribution in [3.63, 3.8) is 0 Å². The summed E-state index contributed by atoms with van der Waals surface area (Å²) < 4.78 is 0. The van der Waals surface area contributed by atoms with Gasteiger partial charge in [-0.25, -0.2) is 0 Å². The van der Waals surface area contributed by atoms with Crippen molar-refractivity contribution in [1.82, 2.24) is 20.4 Å². The highest BCUT2D eigenvalue weighted by Crippen LogP contribution is 2.12. The van der Waals surface area contributed by atoms with E-state index in [-0.39, 0.29) is 24.0 Å². The topological polar surface area (TPSA) is 42.9 Å². The number of hydrogen-bond donors (Lipinski definition) is 2. The second kappa shape index (κ2) is 12.4. The van der Waals surface area contributed by atoms with Gasteiger partial charge in [-0.2, -0.15) is 0 Å². The minimum Gasteiger partial charge on any atom is -0.357 e. The molecular weight excluding hydrogens is 389 g/mol. The van der Waals surface area contributed by atoms with Gasteiger partial charge in [-0.3, -0.25) is 4.99 Å². The lowest BCUT2D eigenvalue weighted by atomic mass is 10.0. The lowest BCUT2D eigenvalue weighted by Crippen LogP contribution is -2.50. The molecule has 0 saturated carbocycles. The summed E-state index contributed by atoms with van der Waals surface area (Å²) in [5.74, 6) is 0.977. The molecule has 0 spiro atoms. The highest BCUT2D eigenvalue weighted by molar-refractivity contribution is 14.0. The molecule has 1 aliphatic rings. The van der Waals surface area contributed by atoms with Crippen molar-refractivity contribution in [1.29, 1.82) is 0 Å². The first kappa shape index (κ1) is 21.9. The van der Waals surface area contributed by atoms with Gasteiger partial charge >= 0.3 is 0 Å². The maximum absolute atomic E-state index is 4.69. The Labute approximate surface area is 154 Å². The SMILES string of the molecule is CCNC(=NCCN(C)CC)NC1CCN(C(C)C)CC1.I. The fraction of sp³-hybridized carbons (Fsp3) is 0.938. The molecule has 0 radical (unpaired) electrons. The molecule has 0 amide bonds. The van der Waals surface area contributed by atoms with Crippen LogP contribution in [0.1, 0.15) is 40.5 Å². The minimum atomic E-state index is 0. The van der Waals surface area contributed by atoms with Crippen LogP contribution in [0.4, 0.5) is 0 Å². The molecule has 0 aromatic heterocycles. The molecule has 1 heterocycles. The van der Waals surface area contributed by atoms with Gasteiger partial charge in [0.25, 0.3) is 0 Å². The van der Waals surface area contributed by atoms with Crippen LogP contribution >= 0.6 is 24.0 Å². The number of nitrogens with zero attached hydrogens (tertiary/aromatic N) is 3. The molecule has 0 atom stereocenters. The summed E-state index contributed by atoms with van der Waals surface area (Å²) in [7, 11) is 2.14. The predicted molar refractivity (Wildman–Crippen MR) is 107 cm³/mol. The summed E-state index contributed by atoms with van der Waals surface area (Å²) in [4.78, 5) is 9.53. The van der Waals surface area contributed by atoms with Crippen LogP contribution < -0.4 is 10.6 Å². The van der Waals surface area contributed by atoms with Crippen LogP contribution in [-0.4, -0.2) is 74.2 Å². The van der Waals surface area contributed by atoms with E-state index in [1.165, 1.54) is 25.9 Å². The Balaban J connectivity index is 0.00000441. The summed E-state index contributed by atoms with van der Waals surface area (Å²) in [5.41, 5.74) is 0. The van der Waals surface area contributed by atoms with Gasteiger partial charge in [-0.15, -0.1) is 24.0 Å². The van der Waals surface area contributed by atoms with Crippen molar-refractivity contribution in [3.05, 3.63) is 0 Å². The number of likely N-dealkylation sites (N-methyl/N-ethyl adjacent to an activating group) is 1. The van der Waals surface area contributed by atoms with Crippen LogP contribution in [-0.2, 0) is 0 Å². The van der Waals surface area contributed by atoms with E-state index < -0.39 is 0 Å². The summed E-state index contributed by atoms with van der Waals surface area (Å²) in [6.45, 7) is 15.1. The smallest absolute Gasteiger partial charge is 0.191 e. The Kier molecular flexibility index (Phi) is 12.3. The standard InChI is InChI=1S/C16H35N5.HI/c1-6-17-16(18-10-13-20(5)7-2)19-15-8-11-21(12-9-15)14(3)4;/h14-15H,6-13H2,1-5H3,(H2,17,18,19);1H.